The fourth-order valence-electron chi connectivity index (χ4n) is 3.95. The highest BCUT2D eigenvalue weighted by atomic mass is 79.9. The molecule has 0 N–H and O–H groups in total. The summed E-state index contributed by atoms with van der Waals surface area (Å²) in [5.41, 5.74) is 6.86. The Morgan fingerprint density at radius 1 is 0.656 bits per heavy atom. The Morgan fingerprint density at radius 2 is 1.44 bits per heavy atom. The van der Waals surface area contributed by atoms with E-state index in [0.717, 1.165) is 26.7 Å². The first kappa shape index (κ1) is 19.7. The van der Waals surface area contributed by atoms with Gasteiger partial charge >= 0.3 is 0 Å². The third-order valence-corrected chi connectivity index (χ3v) is 7.64. The standard InChI is InChI=1S/C26H16BrN3S2/c27-26-28-25(29-32-26)19-13-14-24-22(16-19)30(21-11-4-5-12-23(21)31-24)20-10-6-9-18(15-20)17-7-2-1-3-8-17/h1-16H. The first-order valence-corrected chi connectivity index (χ1v) is 12.5. The topological polar surface area (TPSA) is 29.0 Å². The molecule has 0 spiro atoms. The summed E-state index contributed by atoms with van der Waals surface area (Å²) >= 11 is 6.59. The number of halogens is 1. The second-order valence-electron chi connectivity index (χ2n) is 7.37. The number of anilines is 3. The van der Waals surface area contributed by atoms with Gasteiger partial charge in [0, 0.05) is 21.0 Å². The molecule has 6 heteroatoms. The number of aromatic nitrogens is 2. The van der Waals surface area contributed by atoms with Crippen LogP contribution in [0.5, 0.6) is 0 Å². The largest absolute Gasteiger partial charge is 0.308 e. The van der Waals surface area contributed by atoms with Crippen LogP contribution < -0.4 is 4.90 Å². The van der Waals surface area contributed by atoms with Crippen molar-refractivity contribution in [2.75, 3.05) is 4.90 Å². The van der Waals surface area contributed by atoms with Crippen LogP contribution in [-0.4, -0.2) is 9.36 Å². The van der Waals surface area contributed by atoms with E-state index >= 15 is 0 Å². The van der Waals surface area contributed by atoms with Crippen molar-refractivity contribution >= 4 is 56.3 Å². The van der Waals surface area contributed by atoms with Crippen molar-refractivity contribution in [3.63, 3.8) is 0 Å². The zero-order valence-corrected chi connectivity index (χ0v) is 20.0. The van der Waals surface area contributed by atoms with Gasteiger partial charge in [0.25, 0.3) is 0 Å². The molecule has 2 heterocycles. The van der Waals surface area contributed by atoms with Gasteiger partial charge in [-0.15, -0.1) is 0 Å². The molecule has 0 saturated carbocycles. The van der Waals surface area contributed by atoms with E-state index in [-0.39, 0.29) is 0 Å². The molecular formula is C26H16BrN3S2. The molecule has 0 bridgehead atoms. The van der Waals surface area contributed by atoms with Crippen LogP contribution >= 0.6 is 39.2 Å². The second kappa shape index (κ2) is 8.20. The van der Waals surface area contributed by atoms with Crippen molar-refractivity contribution in [2.45, 2.75) is 9.79 Å². The van der Waals surface area contributed by atoms with Gasteiger partial charge in [0.2, 0.25) is 0 Å². The Bertz CT molecular complexity index is 1430. The van der Waals surface area contributed by atoms with Crippen LogP contribution in [0, 0.1) is 0 Å². The highest BCUT2D eigenvalue weighted by Gasteiger charge is 2.25. The first-order chi connectivity index (χ1) is 15.8. The molecular weight excluding hydrogens is 498 g/mol. The summed E-state index contributed by atoms with van der Waals surface area (Å²) in [6.45, 7) is 0. The number of hydrogen-bond donors (Lipinski definition) is 0. The maximum atomic E-state index is 4.52. The number of rotatable bonds is 3. The van der Waals surface area contributed by atoms with Gasteiger partial charge in [0.15, 0.2) is 9.74 Å². The Kier molecular flexibility index (Phi) is 5.06. The maximum absolute atomic E-state index is 4.52. The molecule has 0 aliphatic carbocycles. The molecule has 0 atom stereocenters. The highest BCUT2D eigenvalue weighted by Crippen LogP contribution is 2.52. The summed E-state index contributed by atoms with van der Waals surface area (Å²) < 4.78 is 5.28. The van der Waals surface area contributed by atoms with Crippen molar-refractivity contribution in [2.24, 2.45) is 0 Å². The van der Waals surface area contributed by atoms with E-state index in [1.54, 1.807) is 11.8 Å². The number of benzene rings is 4. The van der Waals surface area contributed by atoms with Crippen LogP contribution in [0.4, 0.5) is 17.1 Å². The minimum absolute atomic E-state index is 0.742. The molecule has 4 aromatic carbocycles. The van der Waals surface area contributed by atoms with Gasteiger partial charge in [-0.2, -0.15) is 4.37 Å². The Morgan fingerprint density at radius 3 is 2.28 bits per heavy atom. The van der Waals surface area contributed by atoms with Crippen LogP contribution in [0.2, 0.25) is 0 Å². The van der Waals surface area contributed by atoms with Gasteiger partial charge in [-0.1, -0.05) is 66.4 Å². The molecule has 1 aromatic heterocycles. The van der Waals surface area contributed by atoms with E-state index in [0.29, 0.717) is 0 Å². The zero-order chi connectivity index (χ0) is 21.5. The molecule has 0 unspecified atom stereocenters. The third-order valence-electron chi connectivity index (χ3n) is 5.40. The van der Waals surface area contributed by atoms with Gasteiger partial charge in [0.05, 0.1) is 11.4 Å². The van der Waals surface area contributed by atoms with Gasteiger partial charge in [-0.3, -0.25) is 0 Å². The Hall–Kier alpha value is -2.93. The number of para-hydroxylation sites is 1. The fourth-order valence-corrected chi connectivity index (χ4v) is 5.81. The average Bonchev–Trinajstić information content (AvgIpc) is 3.29. The average molecular weight is 514 g/mol. The lowest BCUT2D eigenvalue weighted by Crippen LogP contribution is -2.15. The molecule has 3 nitrogen and oxygen atoms in total. The molecule has 0 radical (unpaired) electrons. The Balaban J connectivity index is 1.53. The van der Waals surface area contributed by atoms with Crippen molar-refractivity contribution in [3.8, 4) is 22.5 Å². The minimum Gasteiger partial charge on any atom is -0.308 e. The molecule has 154 valence electrons. The lowest BCUT2D eigenvalue weighted by Gasteiger charge is -2.33. The van der Waals surface area contributed by atoms with E-state index < -0.39 is 0 Å². The van der Waals surface area contributed by atoms with E-state index in [1.807, 2.05) is 6.07 Å². The second-order valence-corrected chi connectivity index (χ2v) is 10.5. The lowest BCUT2D eigenvalue weighted by atomic mass is 10.0. The minimum atomic E-state index is 0.742. The Labute approximate surface area is 203 Å². The van der Waals surface area contributed by atoms with E-state index in [9.17, 15) is 0 Å². The maximum Gasteiger partial charge on any atom is 0.179 e. The van der Waals surface area contributed by atoms with E-state index in [1.165, 1.54) is 38.1 Å². The zero-order valence-electron chi connectivity index (χ0n) is 16.8. The predicted octanol–water partition coefficient (Wildman–Crippen LogP) is 8.57. The van der Waals surface area contributed by atoms with Crippen LogP contribution in [-0.2, 0) is 0 Å². The van der Waals surface area contributed by atoms with Crippen molar-refractivity contribution in [1.29, 1.82) is 0 Å². The molecule has 1 aliphatic heterocycles. The number of hydrogen-bond acceptors (Lipinski definition) is 5. The van der Waals surface area contributed by atoms with Gasteiger partial charge in [-0.05, 0) is 81.1 Å². The normalized spacial score (nSPS) is 12.3. The lowest BCUT2D eigenvalue weighted by molar-refractivity contribution is 1.16. The third kappa shape index (κ3) is 3.54. The van der Waals surface area contributed by atoms with Crippen LogP contribution in [0.15, 0.2) is 111 Å². The smallest absolute Gasteiger partial charge is 0.179 e. The van der Waals surface area contributed by atoms with Crippen LogP contribution in [0.3, 0.4) is 0 Å². The number of nitrogens with zero attached hydrogens (tertiary/aromatic N) is 3. The summed E-state index contributed by atoms with van der Waals surface area (Å²) in [5, 5.41) is 0. The molecule has 1 aliphatic rings. The highest BCUT2D eigenvalue weighted by molar-refractivity contribution is 9.11. The predicted molar refractivity (Wildman–Crippen MR) is 137 cm³/mol. The van der Waals surface area contributed by atoms with Crippen molar-refractivity contribution < 1.29 is 0 Å². The molecule has 0 saturated heterocycles. The molecule has 6 rings (SSSR count). The number of fused-ring (bicyclic) bond motifs is 2. The molecule has 0 amide bonds. The van der Waals surface area contributed by atoms with Crippen molar-refractivity contribution in [1.82, 2.24) is 9.36 Å². The van der Waals surface area contributed by atoms with Gasteiger partial charge in [-0.25, -0.2) is 4.98 Å². The van der Waals surface area contributed by atoms with Crippen LogP contribution in [0.1, 0.15) is 0 Å². The SMILES string of the molecule is Brc1nc(-c2ccc3c(c2)N(c2cccc(-c4ccccc4)c2)c2ccccc2S3)ns1. The molecule has 32 heavy (non-hydrogen) atoms. The van der Waals surface area contributed by atoms with E-state index in [4.69, 9.17) is 0 Å². The summed E-state index contributed by atoms with van der Waals surface area (Å²) in [7, 11) is 0. The molecule has 5 aromatic rings. The van der Waals surface area contributed by atoms with E-state index in [2.05, 4.69) is 121 Å². The molecule has 0 fully saturated rings. The van der Waals surface area contributed by atoms with Gasteiger partial charge < -0.3 is 4.90 Å². The summed E-state index contributed by atoms with van der Waals surface area (Å²) in [6.07, 6.45) is 0. The summed E-state index contributed by atoms with van der Waals surface area (Å²) in [4.78, 5) is 9.33. The van der Waals surface area contributed by atoms with Gasteiger partial charge in [0.1, 0.15) is 0 Å². The fraction of sp³-hybridized carbons (Fsp3) is 0. The first-order valence-electron chi connectivity index (χ1n) is 10.1. The monoisotopic (exact) mass is 513 g/mol. The van der Waals surface area contributed by atoms with Crippen molar-refractivity contribution in [3.05, 3.63) is 101 Å². The quantitative estimate of drug-likeness (QED) is 0.237. The van der Waals surface area contributed by atoms with Crippen LogP contribution in [0.25, 0.3) is 22.5 Å². The summed E-state index contributed by atoms with van der Waals surface area (Å²) in [5.74, 6) is 0.742. The summed E-state index contributed by atoms with van der Waals surface area (Å²) in [6, 6.07) is 34.3.